The zero-order valence-corrected chi connectivity index (χ0v) is 12.7. The monoisotopic (exact) mass is 297 g/mol. The van der Waals surface area contributed by atoms with Crippen molar-refractivity contribution in [2.45, 2.75) is 39.7 Å². The summed E-state index contributed by atoms with van der Waals surface area (Å²) in [5.41, 5.74) is 1.96. The van der Waals surface area contributed by atoms with Crippen molar-refractivity contribution in [2.75, 3.05) is 0 Å². The van der Waals surface area contributed by atoms with Gasteiger partial charge in [0.05, 0.1) is 0 Å². The van der Waals surface area contributed by atoms with Crippen molar-refractivity contribution in [3.8, 4) is 0 Å². The maximum absolute atomic E-state index is 11.8. The standard InChI is InChI=1S/C15H20ClNO3/c1-9(2)14(15(19)20)17-13(18)7-6-11-5-4-10(3)12(16)8-11/h4-5,8-9,14H,6-7H2,1-3H3,(H,17,18)(H,19,20). The molecule has 0 saturated heterocycles. The average molecular weight is 298 g/mol. The van der Waals surface area contributed by atoms with E-state index >= 15 is 0 Å². The summed E-state index contributed by atoms with van der Waals surface area (Å²) in [7, 11) is 0. The van der Waals surface area contributed by atoms with Crippen molar-refractivity contribution in [1.29, 1.82) is 0 Å². The molecule has 0 aliphatic heterocycles. The normalized spacial score (nSPS) is 12.2. The lowest BCUT2D eigenvalue weighted by molar-refractivity contribution is -0.143. The summed E-state index contributed by atoms with van der Waals surface area (Å²) in [6.07, 6.45) is 0.784. The Morgan fingerprint density at radius 2 is 2.00 bits per heavy atom. The maximum atomic E-state index is 11.8. The van der Waals surface area contributed by atoms with Crippen LogP contribution >= 0.6 is 11.6 Å². The quantitative estimate of drug-likeness (QED) is 0.848. The molecule has 0 aromatic heterocycles. The van der Waals surface area contributed by atoms with Crippen LogP contribution in [0, 0.1) is 12.8 Å². The van der Waals surface area contributed by atoms with Crippen LogP contribution < -0.4 is 5.32 Å². The number of hydrogen-bond donors (Lipinski definition) is 2. The molecule has 0 saturated carbocycles. The van der Waals surface area contributed by atoms with E-state index in [-0.39, 0.29) is 18.2 Å². The molecule has 1 aromatic rings. The van der Waals surface area contributed by atoms with Crippen molar-refractivity contribution < 1.29 is 14.7 Å². The van der Waals surface area contributed by atoms with E-state index < -0.39 is 12.0 Å². The van der Waals surface area contributed by atoms with Gasteiger partial charge in [-0.1, -0.05) is 37.6 Å². The van der Waals surface area contributed by atoms with Gasteiger partial charge in [0.15, 0.2) is 0 Å². The summed E-state index contributed by atoms with van der Waals surface area (Å²) in [5.74, 6) is -1.42. The summed E-state index contributed by atoms with van der Waals surface area (Å²) < 4.78 is 0. The maximum Gasteiger partial charge on any atom is 0.326 e. The molecule has 0 aliphatic rings. The second-order valence-corrected chi connectivity index (χ2v) is 5.62. The highest BCUT2D eigenvalue weighted by Gasteiger charge is 2.22. The zero-order valence-electron chi connectivity index (χ0n) is 11.9. The SMILES string of the molecule is Cc1ccc(CCC(=O)NC(C(=O)O)C(C)C)cc1Cl. The minimum absolute atomic E-state index is 0.148. The Labute approximate surface area is 124 Å². The van der Waals surface area contributed by atoms with Gasteiger partial charge in [0.2, 0.25) is 5.91 Å². The van der Waals surface area contributed by atoms with Crippen LogP contribution in [-0.2, 0) is 16.0 Å². The number of benzene rings is 1. The van der Waals surface area contributed by atoms with Gasteiger partial charge in [-0.3, -0.25) is 4.79 Å². The van der Waals surface area contributed by atoms with Gasteiger partial charge in [-0.2, -0.15) is 0 Å². The highest BCUT2D eigenvalue weighted by Crippen LogP contribution is 2.17. The fourth-order valence-electron chi connectivity index (χ4n) is 1.81. The van der Waals surface area contributed by atoms with Crippen LogP contribution in [0.5, 0.6) is 0 Å². The summed E-state index contributed by atoms with van der Waals surface area (Å²) >= 11 is 6.02. The van der Waals surface area contributed by atoms with Gasteiger partial charge in [-0.05, 0) is 36.5 Å². The van der Waals surface area contributed by atoms with Gasteiger partial charge in [0, 0.05) is 11.4 Å². The van der Waals surface area contributed by atoms with Crippen LogP contribution in [0.4, 0.5) is 0 Å². The molecular formula is C15H20ClNO3. The van der Waals surface area contributed by atoms with Crippen LogP contribution in [0.15, 0.2) is 18.2 Å². The molecule has 1 amide bonds. The topological polar surface area (TPSA) is 66.4 Å². The molecule has 1 aromatic carbocycles. The van der Waals surface area contributed by atoms with Crippen LogP contribution in [0.1, 0.15) is 31.4 Å². The third-order valence-corrected chi connectivity index (χ3v) is 3.53. The Morgan fingerprint density at radius 1 is 1.35 bits per heavy atom. The number of rotatable bonds is 6. The highest BCUT2D eigenvalue weighted by atomic mass is 35.5. The number of hydrogen-bond acceptors (Lipinski definition) is 2. The van der Waals surface area contributed by atoms with E-state index in [0.717, 1.165) is 11.1 Å². The number of amides is 1. The Balaban J connectivity index is 2.54. The van der Waals surface area contributed by atoms with Gasteiger partial charge >= 0.3 is 5.97 Å². The Bertz CT molecular complexity index is 500. The molecule has 20 heavy (non-hydrogen) atoms. The highest BCUT2D eigenvalue weighted by molar-refractivity contribution is 6.31. The average Bonchev–Trinajstić information content (AvgIpc) is 2.36. The zero-order chi connectivity index (χ0) is 15.3. The van der Waals surface area contributed by atoms with Gasteiger partial charge in [0.25, 0.3) is 0 Å². The lowest BCUT2D eigenvalue weighted by Crippen LogP contribution is -2.44. The number of carboxylic acids is 1. The molecular weight excluding hydrogens is 278 g/mol. The van der Waals surface area contributed by atoms with Crippen LogP contribution in [0.3, 0.4) is 0 Å². The van der Waals surface area contributed by atoms with E-state index in [1.54, 1.807) is 13.8 Å². The summed E-state index contributed by atoms with van der Waals surface area (Å²) in [6, 6.07) is 4.82. The predicted molar refractivity (Wildman–Crippen MR) is 78.9 cm³/mol. The molecule has 1 unspecified atom stereocenters. The molecule has 2 N–H and O–H groups in total. The molecule has 110 valence electrons. The van der Waals surface area contributed by atoms with Crippen molar-refractivity contribution in [2.24, 2.45) is 5.92 Å². The van der Waals surface area contributed by atoms with Crippen LogP contribution in [-0.4, -0.2) is 23.0 Å². The first-order valence-electron chi connectivity index (χ1n) is 6.58. The Hall–Kier alpha value is -1.55. The molecule has 0 spiro atoms. The van der Waals surface area contributed by atoms with Gasteiger partial charge in [0.1, 0.15) is 6.04 Å². The predicted octanol–water partition coefficient (Wildman–Crippen LogP) is 2.81. The second-order valence-electron chi connectivity index (χ2n) is 5.21. The lowest BCUT2D eigenvalue weighted by atomic mass is 10.0. The minimum Gasteiger partial charge on any atom is -0.480 e. The molecule has 0 aliphatic carbocycles. The Kier molecular flexibility index (Phi) is 6.02. The van der Waals surface area contributed by atoms with Gasteiger partial charge < -0.3 is 10.4 Å². The van der Waals surface area contributed by atoms with Crippen molar-refractivity contribution in [1.82, 2.24) is 5.32 Å². The summed E-state index contributed by atoms with van der Waals surface area (Å²) in [4.78, 5) is 22.8. The number of aliphatic carboxylic acids is 1. The van der Waals surface area contributed by atoms with E-state index in [0.29, 0.717) is 11.4 Å². The van der Waals surface area contributed by atoms with E-state index in [1.165, 1.54) is 0 Å². The van der Waals surface area contributed by atoms with Crippen molar-refractivity contribution >= 4 is 23.5 Å². The number of carbonyl (C=O) groups excluding carboxylic acids is 1. The molecule has 0 heterocycles. The third kappa shape index (κ3) is 4.85. The largest absolute Gasteiger partial charge is 0.480 e. The van der Waals surface area contributed by atoms with Crippen LogP contribution in [0.2, 0.25) is 5.02 Å². The summed E-state index contributed by atoms with van der Waals surface area (Å²) in [5, 5.41) is 12.2. The molecule has 1 rings (SSSR count). The fraction of sp³-hybridized carbons (Fsp3) is 0.467. The number of carboxylic acid groups (broad SMARTS) is 1. The van der Waals surface area contributed by atoms with Gasteiger partial charge in [-0.15, -0.1) is 0 Å². The van der Waals surface area contributed by atoms with E-state index in [9.17, 15) is 9.59 Å². The van der Waals surface area contributed by atoms with Crippen LogP contribution in [0.25, 0.3) is 0 Å². The Morgan fingerprint density at radius 3 is 2.50 bits per heavy atom. The molecule has 4 nitrogen and oxygen atoms in total. The number of aryl methyl sites for hydroxylation is 2. The molecule has 1 atom stereocenters. The number of nitrogens with one attached hydrogen (secondary N) is 1. The molecule has 0 fully saturated rings. The minimum atomic E-state index is -1.01. The molecule has 0 bridgehead atoms. The molecule has 0 radical (unpaired) electrons. The van der Waals surface area contributed by atoms with Crippen molar-refractivity contribution in [3.05, 3.63) is 34.3 Å². The number of halogens is 1. The first-order valence-corrected chi connectivity index (χ1v) is 6.96. The fourth-order valence-corrected chi connectivity index (χ4v) is 2.01. The second kappa shape index (κ2) is 7.29. The van der Waals surface area contributed by atoms with E-state index in [1.807, 2.05) is 25.1 Å². The van der Waals surface area contributed by atoms with Crippen molar-refractivity contribution in [3.63, 3.8) is 0 Å². The van der Waals surface area contributed by atoms with Gasteiger partial charge in [-0.25, -0.2) is 4.79 Å². The first-order chi connectivity index (χ1) is 9.31. The lowest BCUT2D eigenvalue weighted by Gasteiger charge is -2.17. The number of carbonyl (C=O) groups is 2. The smallest absolute Gasteiger partial charge is 0.326 e. The first kappa shape index (κ1) is 16.5. The molecule has 5 heteroatoms. The van der Waals surface area contributed by atoms with E-state index in [4.69, 9.17) is 16.7 Å². The van der Waals surface area contributed by atoms with E-state index in [2.05, 4.69) is 5.32 Å². The third-order valence-electron chi connectivity index (χ3n) is 3.13. The summed E-state index contributed by atoms with van der Waals surface area (Å²) in [6.45, 7) is 5.44.